The van der Waals surface area contributed by atoms with Gasteiger partial charge in [0.2, 0.25) is 41.4 Å². The number of aryl methyl sites for hydroxylation is 2. The summed E-state index contributed by atoms with van der Waals surface area (Å²) < 4.78 is 30.6. The third kappa shape index (κ3) is 13.1. The first-order valence-electron chi connectivity index (χ1n) is 30.6. The number of carbonyl (C=O) groups excluding carboxylic acids is 7. The average molecular weight is 1270 g/mol. The van der Waals surface area contributed by atoms with E-state index in [1.165, 1.54) is 6.92 Å². The lowest BCUT2D eigenvalue weighted by molar-refractivity contribution is -0.124. The van der Waals surface area contributed by atoms with Gasteiger partial charge in [-0.25, -0.2) is 9.55 Å². The Bertz CT molecular complexity index is 3500. The Kier molecular flexibility index (Phi) is 19.6. The molecule has 90 heavy (non-hydrogen) atoms. The van der Waals surface area contributed by atoms with Crippen LogP contribution in [0.1, 0.15) is 156 Å². The number of benzene rings is 1. The number of nitrogens with two attached hydrogens (primary N) is 6. The molecule has 15 unspecified atom stereocenters. The van der Waals surface area contributed by atoms with Crippen molar-refractivity contribution in [1.82, 2.24) is 20.6 Å². The standard InChI is InChI=1S/C62H90N13O14P/c1-28-20-38-39(21-29(28)2)72-57(71-38)53-51(84)52(40(27-76)87-53)89-90(85,86)88-30(3)26-69-48(83)18-19-59(8)36(22-45(66)80)56-62(11)61(10,25-47(68)82)35(14-17-44(65)79)50(75-62)32(5)55-60(9,24-46(67)81)33(12-15-42(63)77)37(70-55)23-41-58(6,7)34(13-16-43(64)78)49(73-41)31(4)54(59)74-56/h20-21,23,30,33-36,40,51-53,56,70,76,84H,12-19,22,24-27H2,1-11H3,(H2,63,77)(H2,64,78)(H2,65,79)(H2,66,80)(H2,67,81)(H2,68,82)(H,69,83)(H,71,72)(H,85,86)/b37-23?,49-31?,55-32-. The number of aliphatic imine (C=N–C) groups is 3. The number of nitrogens with one attached hydrogen (secondary N) is 3. The number of ether oxygens (including phenoxy) is 1. The Morgan fingerprint density at radius 3 is 1.98 bits per heavy atom. The number of hydrogen-bond donors (Lipinski definition) is 12. The first-order chi connectivity index (χ1) is 41.8. The second-order valence-corrected chi connectivity index (χ2v) is 28.5. The molecule has 2 aromatic rings. The summed E-state index contributed by atoms with van der Waals surface area (Å²) >= 11 is 0. The smallest absolute Gasteiger partial charge is 0.394 e. The van der Waals surface area contributed by atoms with Crippen LogP contribution in [0.5, 0.6) is 0 Å². The fraction of sp³-hybridized carbons (Fsp3) is 0.629. The number of aliphatic hydroxyl groups excluding tert-OH is 2. The van der Waals surface area contributed by atoms with Crippen LogP contribution in [0, 0.1) is 59.2 Å². The second-order valence-electron chi connectivity index (χ2n) is 27.1. The molecule has 6 aliphatic heterocycles. The fourth-order valence-electron chi connectivity index (χ4n) is 15.4. The van der Waals surface area contributed by atoms with Crippen LogP contribution in [0.4, 0.5) is 0 Å². The highest BCUT2D eigenvalue weighted by molar-refractivity contribution is 7.47. The molecule has 0 saturated carbocycles. The molecule has 7 heterocycles. The maximum absolute atomic E-state index is 14.4. The van der Waals surface area contributed by atoms with Crippen molar-refractivity contribution in [3.63, 3.8) is 0 Å². The van der Waals surface area contributed by atoms with Gasteiger partial charge in [-0.3, -0.25) is 57.6 Å². The zero-order chi connectivity index (χ0) is 66.7. The molecule has 7 amide bonds. The number of H-pyrrole nitrogens is 1. The average Bonchev–Trinajstić information content (AvgIpc) is 1.54. The van der Waals surface area contributed by atoms with E-state index in [0.29, 0.717) is 56.4 Å². The summed E-state index contributed by atoms with van der Waals surface area (Å²) in [7, 11) is -5.07. The molecule has 8 bridgehead atoms. The zero-order valence-corrected chi connectivity index (χ0v) is 54.1. The Morgan fingerprint density at radius 2 is 1.39 bits per heavy atom. The normalized spacial score (nSPS) is 32.8. The molecule has 2 saturated heterocycles. The number of allylic oxidation sites excluding steroid dienone is 6. The molecular weight excluding hydrogens is 1180 g/mol. The molecule has 1 aromatic carbocycles. The molecule has 0 radical (unpaired) electrons. The minimum absolute atomic E-state index is 0.0123. The highest BCUT2D eigenvalue weighted by atomic mass is 31.2. The van der Waals surface area contributed by atoms with Gasteiger partial charge in [-0.2, -0.15) is 0 Å². The first-order valence-corrected chi connectivity index (χ1v) is 32.1. The largest absolute Gasteiger partial charge is 0.472 e. The van der Waals surface area contributed by atoms with Gasteiger partial charge in [-0.1, -0.05) is 34.6 Å². The van der Waals surface area contributed by atoms with Crippen molar-refractivity contribution in [2.24, 2.45) is 94.7 Å². The molecule has 28 heteroatoms. The van der Waals surface area contributed by atoms with Crippen molar-refractivity contribution in [2.75, 3.05) is 13.2 Å². The predicted octanol–water partition coefficient (Wildman–Crippen LogP) is 3.23. The van der Waals surface area contributed by atoms with E-state index in [1.807, 2.05) is 87.4 Å². The zero-order valence-electron chi connectivity index (χ0n) is 53.2. The van der Waals surface area contributed by atoms with Gasteiger partial charge in [0.15, 0.2) is 0 Å². The van der Waals surface area contributed by atoms with Crippen LogP contribution in [0.25, 0.3) is 11.0 Å². The number of fused-ring (bicyclic) bond motifs is 7. The lowest BCUT2D eigenvalue weighted by Gasteiger charge is -2.48. The van der Waals surface area contributed by atoms with Gasteiger partial charge in [0.1, 0.15) is 30.2 Å². The number of imidazole rings is 1. The first kappa shape index (κ1) is 68.9. The number of phosphoric ester groups is 1. The monoisotopic (exact) mass is 1270 g/mol. The van der Waals surface area contributed by atoms with E-state index in [-0.39, 0.29) is 83.0 Å². The van der Waals surface area contributed by atoms with Crippen molar-refractivity contribution >= 4 is 77.3 Å². The van der Waals surface area contributed by atoms with Gasteiger partial charge in [0.05, 0.1) is 35.3 Å². The van der Waals surface area contributed by atoms with E-state index < -0.39 is 143 Å². The molecule has 27 nitrogen and oxygen atoms in total. The molecule has 15 atom stereocenters. The summed E-state index contributed by atoms with van der Waals surface area (Å²) in [4.78, 5) is 129. The minimum atomic E-state index is -5.07. The number of amides is 7. The third-order valence-corrected chi connectivity index (χ3v) is 21.7. The Labute approximate surface area is 523 Å². The van der Waals surface area contributed by atoms with Crippen LogP contribution >= 0.6 is 7.82 Å². The summed E-state index contributed by atoms with van der Waals surface area (Å²) in [6, 6.07) is 2.71. The van der Waals surface area contributed by atoms with Crippen molar-refractivity contribution in [2.45, 2.75) is 189 Å². The fourth-order valence-corrected chi connectivity index (χ4v) is 16.5. The van der Waals surface area contributed by atoms with Crippen LogP contribution < -0.4 is 45.0 Å². The van der Waals surface area contributed by atoms with E-state index in [9.17, 15) is 53.2 Å². The lowest BCUT2D eigenvalue weighted by atomic mass is 9.55. The van der Waals surface area contributed by atoms with Gasteiger partial charge >= 0.3 is 7.82 Å². The van der Waals surface area contributed by atoms with E-state index in [1.54, 1.807) is 0 Å². The molecular formula is C62H90N13O14P. The molecule has 8 rings (SSSR count). The molecule has 6 aliphatic rings. The van der Waals surface area contributed by atoms with E-state index in [2.05, 4.69) is 20.6 Å². The second kappa shape index (κ2) is 25.6. The predicted molar refractivity (Wildman–Crippen MR) is 334 cm³/mol. The highest BCUT2D eigenvalue weighted by Gasteiger charge is 2.66. The van der Waals surface area contributed by atoms with Gasteiger partial charge in [0.25, 0.3) is 0 Å². The number of phosphoric acid groups is 1. The Balaban J connectivity index is 1.19. The number of aromatic amines is 1. The summed E-state index contributed by atoms with van der Waals surface area (Å²) in [5.41, 5.74) is 37.4. The number of rotatable bonds is 26. The van der Waals surface area contributed by atoms with Crippen LogP contribution in [-0.2, 0) is 51.9 Å². The topological polar surface area (TPSA) is 471 Å². The Morgan fingerprint density at radius 1 is 0.789 bits per heavy atom. The Hall–Kier alpha value is -7.00. The van der Waals surface area contributed by atoms with Gasteiger partial charge in [-0.15, -0.1) is 0 Å². The van der Waals surface area contributed by atoms with Crippen LogP contribution in [0.2, 0.25) is 0 Å². The van der Waals surface area contributed by atoms with Gasteiger partial charge in [0, 0.05) is 131 Å². The lowest BCUT2D eigenvalue weighted by Crippen LogP contribution is -2.56. The van der Waals surface area contributed by atoms with Crippen molar-refractivity contribution in [3.8, 4) is 0 Å². The van der Waals surface area contributed by atoms with Crippen LogP contribution in [0.3, 0.4) is 0 Å². The molecule has 0 aliphatic carbocycles. The van der Waals surface area contributed by atoms with E-state index in [0.717, 1.165) is 11.1 Å². The van der Waals surface area contributed by atoms with Gasteiger partial charge < -0.3 is 69.9 Å². The van der Waals surface area contributed by atoms with Crippen molar-refractivity contribution in [3.05, 3.63) is 63.4 Å². The quantitative estimate of drug-likeness (QED) is 0.0602. The number of aliphatic hydroxyl groups is 2. The summed E-state index contributed by atoms with van der Waals surface area (Å²) in [5.74, 6) is -6.97. The number of aromatic nitrogens is 2. The number of hydrogen-bond acceptors (Lipinski definition) is 18. The highest BCUT2D eigenvalue weighted by Crippen LogP contribution is 2.63. The van der Waals surface area contributed by atoms with Crippen LogP contribution in [-0.4, -0.2) is 133 Å². The molecule has 18 N–H and O–H groups in total. The minimum Gasteiger partial charge on any atom is -0.394 e. The van der Waals surface area contributed by atoms with Crippen LogP contribution in [0.15, 0.2) is 61.4 Å². The maximum atomic E-state index is 14.4. The summed E-state index contributed by atoms with van der Waals surface area (Å²) in [6.07, 6.45) is -5.76. The molecule has 2 fully saturated rings. The third-order valence-electron chi connectivity index (χ3n) is 20.5. The summed E-state index contributed by atoms with van der Waals surface area (Å²) in [5, 5.41) is 28.1. The summed E-state index contributed by atoms with van der Waals surface area (Å²) in [6.45, 7) is 19.3. The van der Waals surface area contributed by atoms with Crippen molar-refractivity contribution in [1.29, 1.82) is 0 Å². The number of nitrogens with zero attached hydrogens (tertiary/aromatic N) is 4. The number of carbonyl (C=O) groups is 7. The molecule has 1 aromatic heterocycles. The van der Waals surface area contributed by atoms with Crippen molar-refractivity contribution < 1.29 is 67.0 Å². The molecule has 492 valence electrons. The van der Waals surface area contributed by atoms with E-state index >= 15 is 0 Å². The maximum Gasteiger partial charge on any atom is 0.472 e. The van der Waals surface area contributed by atoms with E-state index in [4.69, 9.17) is 63.2 Å². The van der Waals surface area contributed by atoms with Gasteiger partial charge in [-0.05, 0) is 108 Å². The number of primary amides is 6. The SMILES string of the molecule is CC1=C2N=C(C=C3N/C(=C(/C)C4=NC(C)(C5N=C1C(C)(CCC(=O)NCC(C)OP(=O)(O)OC1C(CO)OC(c6nc7cc(C)c(C)cc7[nH]6)C1O)C5CC(N)=O)C(C)(CC(N)=O)C4CCC(N)=O)C(C)(CC(N)=O)C3CCC(N)=O)C(C)(C)C2CCC(N)=O. The molecule has 0 spiro atoms.